The third-order valence-corrected chi connectivity index (χ3v) is 5.02. The van der Waals surface area contributed by atoms with Gasteiger partial charge in [0.25, 0.3) is 5.56 Å². The van der Waals surface area contributed by atoms with Crippen LogP contribution in [-0.2, 0) is 11.3 Å². The Morgan fingerprint density at radius 2 is 1.82 bits per heavy atom. The molecule has 0 N–H and O–H groups in total. The van der Waals surface area contributed by atoms with Gasteiger partial charge in [0.1, 0.15) is 6.54 Å². The third-order valence-electron chi connectivity index (χ3n) is 4.70. The van der Waals surface area contributed by atoms with E-state index in [1.807, 2.05) is 24.3 Å². The van der Waals surface area contributed by atoms with Crippen molar-refractivity contribution in [2.45, 2.75) is 6.54 Å². The number of halogens is 1. The molecule has 8 nitrogen and oxygen atoms in total. The molecule has 1 aliphatic heterocycles. The number of hydrogen-bond donors (Lipinski definition) is 0. The van der Waals surface area contributed by atoms with Crippen molar-refractivity contribution in [3.05, 3.63) is 70.2 Å². The van der Waals surface area contributed by atoms with Gasteiger partial charge in [-0.15, -0.1) is 5.10 Å². The summed E-state index contributed by atoms with van der Waals surface area (Å²) in [6, 6.07) is 12.4. The van der Waals surface area contributed by atoms with Gasteiger partial charge in [-0.3, -0.25) is 9.59 Å². The minimum absolute atomic E-state index is 0.0972. The standard InChI is InChI=1S/C19H19ClN6O2/c20-15-4-1-2-5-16(15)23-10-12-24(13-11-23)19(28)14-26-18(27)7-6-17(22-26)25-9-3-8-21-25/h1-9H,10-14H2. The summed E-state index contributed by atoms with van der Waals surface area (Å²) in [5.41, 5.74) is 0.653. The van der Waals surface area contributed by atoms with E-state index in [9.17, 15) is 9.59 Å². The van der Waals surface area contributed by atoms with Gasteiger partial charge in [0, 0.05) is 44.6 Å². The Morgan fingerprint density at radius 1 is 1.04 bits per heavy atom. The number of piperazine rings is 1. The van der Waals surface area contributed by atoms with Gasteiger partial charge in [0.15, 0.2) is 5.82 Å². The molecule has 144 valence electrons. The maximum absolute atomic E-state index is 12.7. The molecule has 0 atom stereocenters. The van der Waals surface area contributed by atoms with Gasteiger partial charge < -0.3 is 9.80 Å². The maximum atomic E-state index is 12.7. The first-order chi connectivity index (χ1) is 13.6. The highest BCUT2D eigenvalue weighted by atomic mass is 35.5. The lowest BCUT2D eigenvalue weighted by atomic mass is 10.2. The molecular formula is C19H19ClN6O2. The highest BCUT2D eigenvalue weighted by Gasteiger charge is 2.23. The number of para-hydroxylation sites is 1. The predicted octanol–water partition coefficient (Wildman–Crippen LogP) is 1.43. The summed E-state index contributed by atoms with van der Waals surface area (Å²) in [5.74, 6) is 0.354. The molecule has 4 rings (SSSR count). The van der Waals surface area contributed by atoms with Crippen LogP contribution in [0, 0.1) is 0 Å². The minimum Gasteiger partial charge on any atom is -0.367 e. The highest BCUT2D eigenvalue weighted by molar-refractivity contribution is 6.33. The number of nitrogens with zero attached hydrogens (tertiary/aromatic N) is 6. The van der Waals surface area contributed by atoms with Crippen LogP contribution in [0.5, 0.6) is 0 Å². The molecule has 1 amide bonds. The second-order valence-corrected chi connectivity index (χ2v) is 6.86. The van der Waals surface area contributed by atoms with Gasteiger partial charge in [-0.1, -0.05) is 23.7 Å². The van der Waals surface area contributed by atoms with Gasteiger partial charge in [0.05, 0.1) is 10.7 Å². The normalized spacial score (nSPS) is 14.3. The van der Waals surface area contributed by atoms with Crippen LogP contribution in [0.4, 0.5) is 5.69 Å². The first-order valence-corrected chi connectivity index (χ1v) is 9.35. The topological polar surface area (TPSA) is 76.3 Å². The van der Waals surface area contributed by atoms with Crippen LogP contribution in [0.1, 0.15) is 0 Å². The SMILES string of the molecule is O=C(Cn1nc(-n2cccn2)ccc1=O)N1CCN(c2ccccc2Cl)CC1. The van der Waals surface area contributed by atoms with E-state index in [4.69, 9.17) is 11.6 Å². The summed E-state index contributed by atoms with van der Waals surface area (Å²) < 4.78 is 2.72. The maximum Gasteiger partial charge on any atom is 0.267 e. The number of rotatable bonds is 4. The highest BCUT2D eigenvalue weighted by Crippen LogP contribution is 2.26. The van der Waals surface area contributed by atoms with E-state index >= 15 is 0 Å². The van der Waals surface area contributed by atoms with Crippen LogP contribution in [0.25, 0.3) is 5.82 Å². The second-order valence-electron chi connectivity index (χ2n) is 6.46. The molecule has 3 aromatic rings. The van der Waals surface area contributed by atoms with Crippen molar-refractivity contribution < 1.29 is 4.79 Å². The molecule has 1 aromatic carbocycles. The van der Waals surface area contributed by atoms with E-state index in [1.54, 1.807) is 34.1 Å². The Morgan fingerprint density at radius 3 is 2.54 bits per heavy atom. The molecule has 1 fully saturated rings. The summed E-state index contributed by atoms with van der Waals surface area (Å²) in [5, 5.41) is 9.05. The molecule has 28 heavy (non-hydrogen) atoms. The van der Waals surface area contributed by atoms with E-state index in [2.05, 4.69) is 15.1 Å². The average Bonchev–Trinajstić information content (AvgIpc) is 3.25. The number of amides is 1. The van der Waals surface area contributed by atoms with Gasteiger partial charge >= 0.3 is 0 Å². The second kappa shape index (κ2) is 7.85. The summed E-state index contributed by atoms with van der Waals surface area (Å²) in [6.07, 6.45) is 3.35. The van der Waals surface area contributed by atoms with E-state index in [0.29, 0.717) is 37.0 Å². The van der Waals surface area contributed by atoms with Gasteiger partial charge in [-0.25, -0.2) is 9.36 Å². The fourth-order valence-corrected chi connectivity index (χ4v) is 3.47. The fraction of sp³-hybridized carbons (Fsp3) is 0.263. The van der Waals surface area contributed by atoms with Crippen molar-refractivity contribution in [1.29, 1.82) is 0 Å². The molecule has 1 aliphatic rings. The Labute approximate surface area is 166 Å². The summed E-state index contributed by atoms with van der Waals surface area (Å²) in [6.45, 7) is 2.41. The fourth-order valence-electron chi connectivity index (χ4n) is 3.21. The van der Waals surface area contributed by atoms with E-state index in [-0.39, 0.29) is 18.0 Å². The van der Waals surface area contributed by atoms with E-state index in [0.717, 1.165) is 5.69 Å². The zero-order valence-electron chi connectivity index (χ0n) is 15.1. The molecule has 2 aromatic heterocycles. The molecule has 3 heterocycles. The van der Waals surface area contributed by atoms with Crippen molar-refractivity contribution in [1.82, 2.24) is 24.5 Å². The first kappa shape index (κ1) is 18.2. The molecule has 0 spiro atoms. The Hall–Kier alpha value is -3.13. The Bertz CT molecular complexity index is 1020. The Balaban J connectivity index is 1.42. The van der Waals surface area contributed by atoms with Crippen molar-refractivity contribution in [2.75, 3.05) is 31.1 Å². The molecule has 0 aliphatic carbocycles. The first-order valence-electron chi connectivity index (χ1n) is 8.97. The van der Waals surface area contributed by atoms with E-state index < -0.39 is 0 Å². The minimum atomic E-state index is -0.320. The molecule has 9 heteroatoms. The quantitative estimate of drug-likeness (QED) is 0.664. The Kier molecular flexibility index (Phi) is 5.12. The van der Waals surface area contributed by atoms with Crippen molar-refractivity contribution >= 4 is 23.2 Å². The number of hydrogen-bond acceptors (Lipinski definition) is 5. The van der Waals surface area contributed by atoms with Crippen LogP contribution < -0.4 is 10.5 Å². The zero-order valence-corrected chi connectivity index (χ0v) is 15.9. The van der Waals surface area contributed by atoms with Gasteiger partial charge in [-0.05, 0) is 24.3 Å². The number of benzene rings is 1. The van der Waals surface area contributed by atoms with Crippen LogP contribution in [0.15, 0.2) is 59.7 Å². The van der Waals surface area contributed by atoms with Crippen LogP contribution in [0.2, 0.25) is 5.02 Å². The average molecular weight is 399 g/mol. The smallest absolute Gasteiger partial charge is 0.267 e. The number of carbonyl (C=O) groups excluding carboxylic acids is 1. The molecule has 0 bridgehead atoms. The van der Waals surface area contributed by atoms with Crippen LogP contribution in [-0.4, -0.2) is 56.5 Å². The largest absolute Gasteiger partial charge is 0.367 e. The van der Waals surface area contributed by atoms with Crippen molar-refractivity contribution in [3.63, 3.8) is 0 Å². The number of anilines is 1. The van der Waals surface area contributed by atoms with Crippen LogP contribution >= 0.6 is 11.6 Å². The summed E-state index contributed by atoms with van der Waals surface area (Å²) >= 11 is 6.26. The third kappa shape index (κ3) is 3.77. The van der Waals surface area contributed by atoms with E-state index in [1.165, 1.54) is 10.7 Å². The molecule has 0 saturated carbocycles. The lowest BCUT2D eigenvalue weighted by molar-refractivity contribution is -0.132. The summed E-state index contributed by atoms with van der Waals surface area (Å²) in [4.78, 5) is 28.7. The molecule has 0 radical (unpaired) electrons. The van der Waals surface area contributed by atoms with Crippen molar-refractivity contribution in [2.24, 2.45) is 0 Å². The van der Waals surface area contributed by atoms with Crippen molar-refractivity contribution in [3.8, 4) is 5.82 Å². The lowest BCUT2D eigenvalue weighted by Gasteiger charge is -2.36. The number of aromatic nitrogens is 4. The zero-order chi connectivity index (χ0) is 19.5. The number of carbonyl (C=O) groups is 1. The molecule has 1 saturated heterocycles. The molecule has 0 unspecified atom stereocenters. The summed E-state index contributed by atoms with van der Waals surface area (Å²) in [7, 11) is 0. The van der Waals surface area contributed by atoms with Gasteiger partial charge in [0.2, 0.25) is 5.91 Å². The predicted molar refractivity (Wildman–Crippen MR) is 106 cm³/mol. The lowest BCUT2D eigenvalue weighted by Crippen LogP contribution is -2.50. The monoisotopic (exact) mass is 398 g/mol. The van der Waals surface area contributed by atoms with Crippen LogP contribution in [0.3, 0.4) is 0 Å². The van der Waals surface area contributed by atoms with Gasteiger partial charge in [-0.2, -0.15) is 5.10 Å². The molecular weight excluding hydrogens is 380 g/mol.